The molecule has 2 atom stereocenters. The van der Waals surface area contributed by atoms with Crippen LogP contribution in [0.5, 0.6) is 0 Å². The van der Waals surface area contributed by atoms with Crippen LogP contribution in [0.2, 0.25) is 0 Å². The van der Waals surface area contributed by atoms with Gasteiger partial charge in [-0.2, -0.15) is 0 Å². The highest BCUT2D eigenvalue weighted by Crippen LogP contribution is 2.40. The molecule has 3 heterocycles. The van der Waals surface area contributed by atoms with Crippen LogP contribution in [-0.4, -0.2) is 32.4 Å². The minimum absolute atomic E-state index is 0.00817. The van der Waals surface area contributed by atoms with Crippen LogP contribution in [-0.2, 0) is 4.79 Å². The zero-order valence-electron chi connectivity index (χ0n) is 19.9. The Kier molecular flexibility index (Phi) is 7.09. The number of carbonyl (C=O) groups excluding carboxylic acids is 1. The molecule has 2 aromatic carbocycles. The maximum atomic E-state index is 13.2. The van der Waals surface area contributed by atoms with Crippen LogP contribution in [0.25, 0.3) is 11.3 Å². The van der Waals surface area contributed by atoms with Crippen LogP contribution in [0.4, 0.5) is 15.8 Å². The van der Waals surface area contributed by atoms with Crippen molar-refractivity contribution in [3.05, 3.63) is 112 Å². The molecule has 1 aliphatic rings. The average molecular weight is 532 g/mol. The first-order valence-electron chi connectivity index (χ1n) is 11.8. The van der Waals surface area contributed by atoms with Crippen molar-refractivity contribution in [2.45, 2.75) is 18.5 Å². The molecule has 192 valence electrons. The van der Waals surface area contributed by atoms with Gasteiger partial charge >= 0.3 is 0 Å². The molecule has 0 saturated carbocycles. The van der Waals surface area contributed by atoms with Gasteiger partial charge in [0.05, 0.1) is 16.7 Å². The Hall–Kier alpha value is -4.64. The number of nitro benzene ring substituents is 1. The van der Waals surface area contributed by atoms with Crippen molar-refractivity contribution in [1.82, 2.24) is 15.2 Å². The number of amides is 1. The summed E-state index contributed by atoms with van der Waals surface area (Å²) in [6, 6.07) is 20.2. The van der Waals surface area contributed by atoms with E-state index < -0.39 is 11.0 Å². The summed E-state index contributed by atoms with van der Waals surface area (Å²) in [4.78, 5) is 29.6. The number of nitrogens with one attached hydrogen (secondary N) is 2. The molecule has 1 fully saturated rings. The quantitative estimate of drug-likeness (QED) is 0.177. The monoisotopic (exact) mass is 531 g/mol. The lowest BCUT2D eigenvalue weighted by molar-refractivity contribution is -0.384. The van der Waals surface area contributed by atoms with Gasteiger partial charge in [-0.25, -0.2) is 4.39 Å². The Labute approximate surface area is 222 Å². The summed E-state index contributed by atoms with van der Waals surface area (Å²) < 4.78 is 19.4. The van der Waals surface area contributed by atoms with Crippen molar-refractivity contribution < 1.29 is 18.5 Å². The number of carbonyl (C=O) groups is 1. The first kappa shape index (κ1) is 25.0. The molecule has 0 spiro atoms. The van der Waals surface area contributed by atoms with E-state index >= 15 is 0 Å². The minimum Gasteiger partial charge on any atom is -0.459 e. The van der Waals surface area contributed by atoms with E-state index in [1.165, 1.54) is 36.4 Å². The number of nitro groups is 1. The maximum Gasteiger partial charge on any atom is 0.269 e. The number of nitrogens with zero attached hydrogens (tertiary/aromatic N) is 3. The molecular weight excluding hydrogens is 509 g/mol. The number of furan rings is 1. The third-order valence-electron chi connectivity index (χ3n) is 6.19. The molecule has 1 amide bonds. The van der Waals surface area contributed by atoms with Crippen LogP contribution in [0.15, 0.2) is 89.5 Å². The molecular formula is C27H22FN5O4S. The zero-order chi connectivity index (χ0) is 26.6. The van der Waals surface area contributed by atoms with Gasteiger partial charge in [-0.15, -0.1) is 0 Å². The molecule has 0 bridgehead atoms. The van der Waals surface area contributed by atoms with E-state index in [2.05, 4.69) is 15.6 Å². The number of hydrogen-bond donors (Lipinski definition) is 2. The topological polar surface area (TPSA) is 114 Å². The van der Waals surface area contributed by atoms with E-state index in [-0.39, 0.29) is 29.9 Å². The number of rotatable bonds is 8. The number of halogens is 1. The van der Waals surface area contributed by atoms with Crippen molar-refractivity contribution in [3.8, 4) is 11.3 Å². The standard InChI is InChI=1S/C27H22FN5O4S/c28-18-6-8-19(9-7-18)30-24(34)14-16-32-26(25(31-27(32)38)21-3-1-2-15-29-21)23-13-12-22(37-23)17-4-10-20(11-5-17)33(35)36/h1-13,15,25-26H,14,16H2,(H,30,34)(H,31,38)/t25-,26-/m0/s1. The van der Waals surface area contributed by atoms with Crippen LogP contribution < -0.4 is 10.6 Å². The summed E-state index contributed by atoms with van der Waals surface area (Å²) in [6.07, 6.45) is 1.82. The predicted molar refractivity (Wildman–Crippen MR) is 143 cm³/mol. The fraction of sp³-hybridized carbons (Fsp3) is 0.148. The fourth-order valence-corrected chi connectivity index (χ4v) is 4.68. The van der Waals surface area contributed by atoms with Crippen molar-refractivity contribution in [2.24, 2.45) is 0 Å². The summed E-state index contributed by atoms with van der Waals surface area (Å²) in [7, 11) is 0. The highest BCUT2D eigenvalue weighted by atomic mass is 32.1. The minimum atomic E-state index is -0.454. The Morgan fingerprint density at radius 3 is 2.55 bits per heavy atom. The third kappa shape index (κ3) is 5.37. The van der Waals surface area contributed by atoms with Gasteiger partial charge in [-0.1, -0.05) is 6.07 Å². The molecule has 5 rings (SSSR count). The van der Waals surface area contributed by atoms with Gasteiger partial charge < -0.3 is 20.0 Å². The molecule has 11 heteroatoms. The van der Waals surface area contributed by atoms with Crippen LogP contribution >= 0.6 is 12.2 Å². The van der Waals surface area contributed by atoms with Gasteiger partial charge in [0.2, 0.25) is 5.91 Å². The fourth-order valence-electron chi connectivity index (χ4n) is 4.35. The lowest BCUT2D eigenvalue weighted by Gasteiger charge is -2.25. The smallest absolute Gasteiger partial charge is 0.269 e. The van der Waals surface area contributed by atoms with Crippen LogP contribution in [0.1, 0.15) is 30.0 Å². The Balaban J connectivity index is 1.38. The Bertz CT molecular complexity index is 1460. The Morgan fingerprint density at radius 1 is 1.11 bits per heavy atom. The molecule has 2 aromatic heterocycles. The van der Waals surface area contributed by atoms with Gasteiger partial charge in [0.1, 0.15) is 23.4 Å². The van der Waals surface area contributed by atoms with E-state index in [4.69, 9.17) is 16.6 Å². The number of pyridine rings is 1. The van der Waals surface area contributed by atoms with Gasteiger partial charge in [0, 0.05) is 42.5 Å². The summed E-state index contributed by atoms with van der Waals surface area (Å²) >= 11 is 5.64. The molecule has 0 unspecified atom stereocenters. The van der Waals surface area contributed by atoms with Crippen molar-refractivity contribution >= 4 is 34.6 Å². The van der Waals surface area contributed by atoms with Gasteiger partial charge in [-0.05, 0) is 72.9 Å². The summed E-state index contributed by atoms with van der Waals surface area (Å²) in [5.74, 6) is 0.513. The molecule has 4 aromatic rings. The second kappa shape index (κ2) is 10.8. The molecule has 1 aliphatic heterocycles. The summed E-state index contributed by atoms with van der Waals surface area (Å²) in [5.41, 5.74) is 1.94. The molecule has 0 radical (unpaired) electrons. The normalized spacial score (nSPS) is 16.8. The van der Waals surface area contributed by atoms with E-state index in [0.717, 1.165) is 5.69 Å². The van der Waals surface area contributed by atoms with Crippen LogP contribution in [0, 0.1) is 15.9 Å². The number of anilines is 1. The van der Waals surface area contributed by atoms with E-state index in [9.17, 15) is 19.3 Å². The number of benzene rings is 2. The SMILES string of the molecule is O=C(CCN1C(=S)N[C@@H](c2ccccn2)[C@@H]1c1ccc(-c2ccc([N+](=O)[O-])cc2)o1)Nc1ccc(F)cc1. The zero-order valence-corrected chi connectivity index (χ0v) is 20.7. The third-order valence-corrected chi connectivity index (χ3v) is 6.54. The highest BCUT2D eigenvalue weighted by Gasteiger charge is 2.41. The number of thiocarbonyl (C=S) groups is 1. The average Bonchev–Trinajstić information content (AvgIpc) is 3.54. The van der Waals surface area contributed by atoms with Gasteiger partial charge in [0.25, 0.3) is 5.69 Å². The van der Waals surface area contributed by atoms with E-state index in [1.54, 1.807) is 24.4 Å². The predicted octanol–water partition coefficient (Wildman–Crippen LogP) is 5.39. The number of hydrogen-bond acceptors (Lipinski definition) is 6. The number of non-ortho nitro benzene ring substituents is 1. The largest absolute Gasteiger partial charge is 0.459 e. The Morgan fingerprint density at radius 2 is 1.87 bits per heavy atom. The maximum absolute atomic E-state index is 13.2. The van der Waals surface area contributed by atoms with E-state index in [1.807, 2.05) is 29.2 Å². The van der Waals surface area contributed by atoms with Crippen molar-refractivity contribution in [3.63, 3.8) is 0 Å². The molecule has 9 nitrogen and oxygen atoms in total. The number of aromatic nitrogens is 1. The lowest BCUT2D eigenvalue weighted by atomic mass is 10.0. The molecule has 0 aliphatic carbocycles. The first-order valence-corrected chi connectivity index (χ1v) is 12.2. The molecule has 38 heavy (non-hydrogen) atoms. The van der Waals surface area contributed by atoms with Crippen LogP contribution in [0.3, 0.4) is 0 Å². The van der Waals surface area contributed by atoms with E-state index in [0.29, 0.717) is 34.4 Å². The molecule has 2 N–H and O–H groups in total. The summed E-state index contributed by atoms with van der Waals surface area (Å²) in [5, 5.41) is 17.5. The summed E-state index contributed by atoms with van der Waals surface area (Å²) in [6.45, 7) is 0.292. The molecule has 1 saturated heterocycles. The highest BCUT2D eigenvalue weighted by molar-refractivity contribution is 7.80. The van der Waals surface area contributed by atoms with Crippen molar-refractivity contribution in [1.29, 1.82) is 0 Å². The van der Waals surface area contributed by atoms with Crippen molar-refractivity contribution in [2.75, 3.05) is 11.9 Å². The second-order valence-corrected chi connectivity index (χ2v) is 9.02. The van der Waals surface area contributed by atoms with Gasteiger partial charge in [-0.3, -0.25) is 19.9 Å². The van der Waals surface area contributed by atoms with Gasteiger partial charge in [0.15, 0.2) is 5.11 Å². The first-order chi connectivity index (χ1) is 18.4. The second-order valence-electron chi connectivity index (χ2n) is 8.63. The lowest BCUT2D eigenvalue weighted by Crippen LogP contribution is -2.32.